The van der Waals surface area contributed by atoms with E-state index in [1.54, 1.807) is 12.2 Å². The lowest BCUT2D eigenvalue weighted by atomic mass is 9.69. The van der Waals surface area contributed by atoms with Gasteiger partial charge in [-0.15, -0.1) is 0 Å². The maximum Gasteiger partial charge on any atom is 0.234 e. The molecule has 1 aliphatic carbocycles. The zero-order valence-corrected chi connectivity index (χ0v) is 10.8. The Morgan fingerprint density at radius 3 is 2.56 bits per heavy atom. The number of allylic oxidation sites excluding steroid dienone is 2. The summed E-state index contributed by atoms with van der Waals surface area (Å²) in [6.07, 6.45) is 11.2. The summed E-state index contributed by atoms with van der Waals surface area (Å²) in [5, 5.41) is 0. The molecule has 0 heterocycles. The van der Waals surface area contributed by atoms with Crippen LogP contribution in [0.3, 0.4) is 0 Å². The molecule has 0 saturated heterocycles. The minimum atomic E-state index is -0.238. The van der Waals surface area contributed by atoms with Crippen molar-refractivity contribution in [1.82, 2.24) is 0 Å². The molecule has 0 radical (unpaired) electrons. The van der Waals surface area contributed by atoms with Gasteiger partial charge in [0.25, 0.3) is 0 Å². The highest BCUT2D eigenvalue weighted by atomic mass is 16.1. The van der Waals surface area contributed by atoms with Crippen LogP contribution < -0.4 is 0 Å². The van der Waals surface area contributed by atoms with E-state index in [-0.39, 0.29) is 11.3 Å². The van der Waals surface area contributed by atoms with Crippen LogP contribution in [0.5, 0.6) is 0 Å². The summed E-state index contributed by atoms with van der Waals surface area (Å²) in [4.78, 5) is 28.0. The molecule has 0 N–H and O–H groups in total. The molecule has 96 valence electrons. The quantitative estimate of drug-likeness (QED) is 0.534. The zero-order valence-electron chi connectivity index (χ0n) is 10.8. The van der Waals surface area contributed by atoms with Crippen molar-refractivity contribution in [2.75, 3.05) is 13.1 Å². The normalized spacial score (nSPS) is 25.9. The van der Waals surface area contributed by atoms with Gasteiger partial charge in [-0.3, -0.25) is 0 Å². The van der Waals surface area contributed by atoms with Gasteiger partial charge in [-0.05, 0) is 12.8 Å². The number of nitrogens with zero attached hydrogens (tertiary/aromatic N) is 2. The Morgan fingerprint density at radius 2 is 2.00 bits per heavy atom. The monoisotopic (exact) mass is 246 g/mol. The van der Waals surface area contributed by atoms with E-state index in [9.17, 15) is 9.59 Å². The summed E-state index contributed by atoms with van der Waals surface area (Å²) >= 11 is 0. The highest BCUT2D eigenvalue weighted by Gasteiger charge is 2.35. The first-order valence-electron chi connectivity index (χ1n) is 6.19. The van der Waals surface area contributed by atoms with Crippen LogP contribution in [0, 0.1) is 11.3 Å². The standard InChI is InChI=1S/C14H18N2O2/c1-3-12-5-6-13(8-15-10-17)14(4-2,7-12)9-16-11-18/h5-7,13H,3-4,8-9H2,1-2H3. The van der Waals surface area contributed by atoms with Gasteiger partial charge in [0, 0.05) is 11.3 Å². The Morgan fingerprint density at radius 1 is 1.28 bits per heavy atom. The van der Waals surface area contributed by atoms with Gasteiger partial charge in [0.15, 0.2) is 0 Å². The molecule has 0 aliphatic heterocycles. The number of hydrogen-bond acceptors (Lipinski definition) is 4. The molecule has 1 aliphatic rings. The topological polar surface area (TPSA) is 58.9 Å². The lowest BCUT2D eigenvalue weighted by molar-refractivity contribution is 0.275. The third-order valence-corrected chi connectivity index (χ3v) is 3.61. The fourth-order valence-electron chi connectivity index (χ4n) is 2.37. The molecule has 18 heavy (non-hydrogen) atoms. The van der Waals surface area contributed by atoms with Gasteiger partial charge in [-0.25, -0.2) is 19.6 Å². The smallest absolute Gasteiger partial charge is 0.211 e. The molecular formula is C14H18N2O2. The van der Waals surface area contributed by atoms with Crippen LogP contribution in [0.15, 0.2) is 33.8 Å². The molecule has 2 unspecified atom stereocenters. The lowest BCUT2D eigenvalue weighted by Crippen LogP contribution is -2.34. The van der Waals surface area contributed by atoms with Crippen molar-refractivity contribution in [3.63, 3.8) is 0 Å². The minimum Gasteiger partial charge on any atom is -0.211 e. The van der Waals surface area contributed by atoms with Crippen molar-refractivity contribution in [2.24, 2.45) is 21.3 Å². The summed E-state index contributed by atoms with van der Waals surface area (Å²) in [5.74, 6) is 0.0800. The van der Waals surface area contributed by atoms with Gasteiger partial charge in [0.1, 0.15) is 0 Å². The van der Waals surface area contributed by atoms with Crippen LogP contribution in [-0.4, -0.2) is 25.2 Å². The fraction of sp³-hybridized carbons (Fsp3) is 0.571. The highest BCUT2D eigenvalue weighted by molar-refractivity contribution is 5.36. The van der Waals surface area contributed by atoms with Crippen LogP contribution in [0.1, 0.15) is 26.7 Å². The van der Waals surface area contributed by atoms with Crippen molar-refractivity contribution in [3.05, 3.63) is 23.8 Å². The molecule has 0 spiro atoms. The third-order valence-electron chi connectivity index (χ3n) is 3.61. The van der Waals surface area contributed by atoms with E-state index in [1.165, 1.54) is 5.57 Å². The Kier molecular flexibility index (Phi) is 5.44. The molecular weight excluding hydrogens is 228 g/mol. The van der Waals surface area contributed by atoms with Crippen molar-refractivity contribution < 1.29 is 9.59 Å². The summed E-state index contributed by atoms with van der Waals surface area (Å²) in [6, 6.07) is 0. The second kappa shape index (κ2) is 6.85. The van der Waals surface area contributed by atoms with Gasteiger partial charge in [-0.2, -0.15) is 0 Å². The van der Waals surface area contributed by atoms with Crippen molar-refractivity contribution in [1.29, 1.82) is 0 Å². The molecule has 0 bridgehead atoms. The summed E-state index contributed by atoms with van der Waals surface area (Å²) < 4.78 is 0. The maximum atomic E-state index is 10.4. The van der Waals surface area contributed by atoms with Crippen LogP contribution in [-0.2, 0) is 9.59 Å². The number of hydrogen-bond donors (Lipinski definition) is 0. The Bertz CT molecular complexity index is 441. The first-order valence-corrected chi connectivity index (χ1v) is 6.19. The first kappa shape index (κ1) is 14.3. The predicted molar refractivity (Wildman–Crippen MR) is 69.7 cm³/mol. The van der Waals surface area contributed by atoms with Gasteiger partial charge in [0.2, 0.25) is 12.2 Å². The van der Waals surface area contributed by atoms with E-state index in [0.717, 1.165) is 12.8 Å². The second-order valence-corrected chi connectivity index (χ2v) is 4.46. The fourth-order valence-corrected chi connectivity index (χ4v) is 2.37. The average Bonchev–Trinajstić information content (AvgIpc) is 2.43. The van der Waals surface area contributed by atoms with Gasteiger partial charge in [-0.1, -0.05) is 37.6 Å². The SMILES string of the molecule is CCC1=CC(CC)(CN=C=O)C(CN=C=O)C=C1. The van der Waals surface area contributed by atoms with Crippen molar-refractivity contribution in [2.45, 2.75) is 26.7 Å². The number of aliphatic imine (C=N–C) groups is 2. The Hall–Kier alpha value is -1.76. The maximum absolute atomic E-state index is 10.4. The van der Waals surface area contributed by atoms with Crippen LogP contribution in [0.4, 0.5) is 0 Å². The number of isocyanates is 2. The molecule has 0 aromatic rings. The lowest BCUT2D eigenvalue weighted by Gasteiger charge is -2.36. The van der Waals surface area contributed by atoms with E-state index in [0.29, 0.717) is 13.1 Å². The highest BCUT2D eigenvalue weighted by Crippen LogP contribution is 2.40. The van der Waals surface area contributed by atoms with E-state index >= 15 is 0 Å². The van der Waals surface area contributed by atoms with Gasteiger partial charge < -0.3 is 0 Å². The van der Waals surface area contributed by atoms with E-state index in [4.69, 9.17) is 0 Å². The van der Waals surface area contributed by atoms with Gasteiger partial charge >= 0.3 is 0 Å². The number of rotatable bonds is 6. The van der Waals surface area contributed by atoms with Crippen molar-refractivity contribution >= 4 is 12.2 Å². The number of carbonyl (C=O) groups excluding carboxylic acids is 2. The molecule has 4 nitrogen and oxygen atoms in total. The molecule has 0 saturated carbocycles. The van der Waals surface area contributed by atoms with Crippen molar-refractivity contribution in [3.8, 4) is 0 Å². The zero-order chi connectivity index (χ0) is 13.4. The van der Waals surface area contributed by atoms with E-state index in [2.05, 4.69) is 42.1 Å². The molecule has 0 aromatic heterocycles. The third kappa shape index (κ3) is 3.13. The van der Waals surface area contributed by atoms with E-state index < -0.39 is 0 Å². The van der Waals surface area contributed by atoms with Crippen LogP contribution in [0.2, 0.25) is 0 Å². The molecule has 4 heteroatoms. The Balaban J connectivity index is 3.08. The minimum absolute atomic E-state index is 0.0800. The van der Waals surface area contributed by atoms with Crippen LogP contribution in [0.25, 0.3) is 0 Å². The molecule has 0 amide bonds. The molecule has 0 fully saturated rings. The predicted octanol–water partition coefficient (Wildman–Crippen LogP) is 2.58. The summed E-state index contributed by atoms with van der Waals surface area (Å²) in [7, 11) is 0. The van der Waals surface area contributed by atoms with E-state index in [1.807, 2.05) is 0 Å². The molecule has 0 aromatic carbocycles. The summed E-state index contributed by atoms with van der Waals surface area (Å²) in [6.45, 7) is 4.92. The summed E-state index contributed by atoms with van der Waals surface area (Å²) in [5.41, 5.74) is 0.988. The molecule has 2 atom stereocenters. The van der Waals surface area contributed by atoms with Gasteiger partial charge in [0.05, 0.1) is 13.1 Å². The average molecular weight is 246 g/mol. The molecule has 1 rings (SSSR count). The Labute approximate surface area is 107 Å². The first-order chi connectivity index (χ1) is 8.72. The van der Waals surface area contributed by atoms with Crippen LogP contribution >= 0.6 is 0 Å². The second-order valence-electron chi connectivity index (χ2n) is 4.46. The largest absolute Gasteiger partial charge is 0.234 e.